The van der Waals surface area contributed by atoms with E-state index in [1.807, 2.05) is 37.4 Å². The van der Waals surface area contributed by atoms with Crippen LogP contribution in [0, 0.1) is 5.92 Å². The van der Waals surface area contributed by atoms with Crippen LogP contribution in [0.2, 0.25) is 0 Å². The van der Waals surface area contributed by atoms with Gasteiger partial charge in [0, 0.05) is 5.92 Å². The second-order valence-corrected chi connectivity index (χ2v) is 7.60. The number of nitrogens with one attached hydrogen (secondary N) is 1. The minimum atomic E-state index is -4.87. The number of hydrogen-bond acceptors (Lipinski definition) is 2. The Labute approximate surface area is 171 Å². The molecule has 0 heterocycles. The van der Waals surface area contributed by atoms with Gasteiger partial charge in [0.15, 0.2) is 0 Å². The van der Waals surface area contributed by atoms with Gasteiger partial charge in [0.25, 0.3) is 0 Å². The van der Waals surface area contributed by atoms with Gasteiger partial charge in [0.05, 0.1) is 23.8 Å². The Morgan fingerprint density at radius 1 is 0.900 bits per heavy atom. The predicted octanol–water partition coefficient (Wildman–Crippen LogP) is 6.02. The van der Waals surface area contributed by atoms with Crippen LogP contribution in [0.3, 0.4) is 0 Å². The molecule has 0 amide bonds. The van der Waals surface area contributed by atoms with Gasteiger partial charge in [0.1, 0.15) is 0 Å². The van der Waals surface area contributed by atoms with Crippen molar-refractivity contribution in [3.05, 3.63) is 70.8 Å². The summed E-state index contributed by atoms with van der Waals surface area (Å²) in [5.74, 6) is 0.293. The van der Waals surface area contributed by atoms with Crippen LogP contribution in [0.25, 0.3) is 0 Å². The summed E-state index contributed by atoms with van der Waals surface area (Å²) in [4.78, 5) is 0. The zero-order valence-corrected chi connectivity index (χ0v) is 16.4. The monoisotopic (exact) mass is 431 g/mol. The van der Waals surface area contributed by atoms with Crippen molar-refractivity contribution in [3.8, 4) is 0 Å². The quantitative estimate of drug-likeness (QED) is 0.565. The van der Waals surface area contributed by atoms with E-state index in [0.29, 0.717) is 6.42 Å². The SMILES string of the molecule is CNC[C@@H]1CC[C@H](OCc2cc(C(F)(F)F)cc(C(F)(F)F)c2)[C@H]1c1ccccc1. The van der Waals surface area contributed by atoms with Gasteiger partial charge in [-0.2, -0.15) is 26.3 Å². The zero-order chi connectivity index (χ0) is 21.9. The van der Waals surface area contributed by atoms with E-state index in [2.05, 4.69) is 5.32 Å². The normalized spacial score (nSPS) is 22.4. The molecule has 0 radical (unpaired) electrons. The maximum absolute atomic E-state index is 13.1. The van der Waals surface area contributed by atoms with Crippen molar-refractivity contribution in [3.63, 3.8) is 0 Å². The average molecular weight is 431 g/mol. The number of rotatable bonds is 6. The lowest BCUT2D eigenvalue weighted by Gasteiger charge is -2.26. The van der Waals surface area contributed by atoms with Crippen molar-refractivity contribution < 1.29 is 31.1 Å². The number of ether oxygens (including phenoxy) is 1. The Morgan fingerprint density at radius 3 is 2.03 bits per heavy atom. The fourth-order valence-corrected chi connectivity index (χ4v) is 4.19. The van der Waals surface area contributed by atoms with E-state index < -0.39 is 23.5 Å². The second-order valence-electron chi connectivity index (χ2n) is 7.60. The molecule has 1 fully saturated rings. The van der Waals surface area contributed by atoms with Gasteiger partial charge in [-0.25, -0.2) is 0 Å². The van der Waals surface area contributed by atoms with E-state index in [1.54, 1.807) is 0 Å². The van der Waals surface area contributed by atoms with Crippen molar-refractivity contribution in [1.82, 2.24) is 5.32 Å². The van der Waals surface area contributed by atoms with Crippen LogP contribution < -0.4 is 5.32 Å². The van der Waals surface area contributed by atoms with Gasteiger partial charge in [-0.15, -0.1) is 0 Å². The number of alkyl halides is 6. The lowest BCUT2D eigenvalue weighted by atomic mass is 9.87. The number of hydrogen-bond donors (Lipinski definition) is 1. The van der Waals surface area contributed by atoms with Crippen molar-refractivity contribution in [2.75, 3.05) is 13.6 Å². The first-order chi connectivity index (χ1) is 14.1. The van der Waals surface area contributed by atoms with E-state index in [0.717, 1.165) is 30.7 Å². The molecule has 1 aliphatic rings. The third-order valence-corrected chi connectivity index (χ3v) is 5.49. The van der Waals surface area contributed by atoms with E-state index in [4.69, 9.17) is 4.74 Å². The molecule has 0 aromatic heterocycles. The van der Waals surface area contributed by atoms with Crippen molar-refractivity contribution in [2.45, 2.75) is 43.8 Å². The lowest BCUT2D eigenvalue weighted by molar-refractivity contribution is -0.143. The van der Waals surface area contributed by atoms with Crippen LogP contribution >= 0.6 is 0 Å². The molecule has 0 saturated heterocycles. The molecule has 2 nitrogen and oxygen atoms in total. The standard InChI is InChI=1S/C22H23F6NO/c1-29-12-16-7-8-19(20(16)15-5-3-2-4-6-15)30-13-14-9-17(21(23,24)25)11-18(10-14)22(26,27)28/h2-6,9-11,16,19-20,29H,7-8,12-13H2,1H3/t16-,19-,20-/m0/s1. The van der Waals surface area contributed by atoms with Crippen LogP contribution in [0.1, 0.15) is 41.0 Å². The van der Waals surface area contributed by atoms with Gasteiger partial charge in [0.2, 0.25) is 0 Å². The summed E-state index contributed by atoms with van der Waals surface area (Å²) in [7, 11) is 1.84. The zero-order valence-electron chi connectivity index (χ0n) is 16.4. The van der Waals surface area contributed by atoms with E-state index >= 15 is 0 Å². The van der Waals surface area contributed by atoms with E-state index in [-0.39, 0.29) is 36.2 Å². The van der Waals surface area contributed by atoms with Crippen LogP contribution in [-0.2, 0) is 23.7 Å². The number of halogens is 6. The smallest absolute Gasteiger partial charge is 0.373 e. The summed E-state index contributed by atoms with van der Waals surface area (Å²) >= 11 is 0. The van der Waals surface area contributed by atoms with E-state index in [9.17, 15) is 26.3 Å². The molecule has 1 aliphatic carbocycles. The molecule has 3 atom stereocenters. The Kier molecular flexibility index (Phi) is 6.77. The minimum Gasteiger partial charge on any atom is -0.373 e. The highest BCUT2D eigenvalue weighted by atomic mass is 19.4. The molecule has 2 aromatic rings. The molecule has 30 heavy (non-hydrogen) atoms. The largest absolute Gasteiger partial charge is 0.416 e. The summed E-state index contributed by atoms with van der Waals surface area (Å²) in [6, 6.07) is 11.2. The molecule has 2 aromatic carbocycles. The van der Waals surface area contributed by atoms with Crippen molar-refractivity contribution in [2.24, 2.45) is 5.92 Å². The van der Waals surface area contributed by atoms with Gasteiger partial charge < -0.3 is 10.1 Å². The predicted molar refractivity (Wildman–Crippen MR) is 101 cm³/mol. The molecule has 0 unspecified atom stereocenters. The molecule has 0 bridgehead atoms. The third-order valence-electron chi connectivity index (χ3n) is 5.49. The first-order valence-corrected chi connectivity index (χ1v) is 9.69. The highest BCUT2D eigenvalue weighted by molar-refractivity contribution is 5.33. The Balaban J connectivity index is 1.83. The summed E-state index contributed by atoms with van der Waals surface area (Å²) < 4.78 is 84.4. The van der Waals surface area contributed by atoms with Crippen LogP contribution in [0.4, 0.5) is 26.3 Å². The topological polar surface area (TPSA) is 21.3 Å². The van der Waals surface area contributed by atoms with Gasteiger partial charge >= 0.3 is 12.4 Å². The fourth-order valence-electron chi connectivity index (χ4n) is 4.19. The molecule has 8 heteroatoms. The number of benzene rings is 2. The maximum atomic E-state index is 13.1. The molecule has 1 N–H and O–H groups in total. The highest BCUT2D eigenvalue weighted by Gasteiger charge is 2.39. The summed E-state index contributed by atoms with van der Waals surface area (Å²) in [6.45, 7) is 0.439. The second kappa shape index (κ2) is 8.98. The molecule has 3 rings (SSSR count). The van der Waals surface area contributed by atoms with Crippen molar-refractivity contribution >= 4 is 0 Å². The Hall–Kier alpha value is -2.06. The van der Waals surface area contributed by atoms with Gasteiger partial charge in [-0.05, 0) is 61.7 Å². The fraction of sp³-hybridized carbons (Fsp3) is 0.455. The molecule has 164 valence electrons. The third kappa shape index (κ3) is 5.35. The van der Waals surface area contributed by atoms with Crippen molar-refractivity contribution in [1.29, 1.82) is 0 Å². The first kappa shape index (κ1) is 22.6. The summed E-state index contributed by atoms with van der Waals surface area (Å²) in [5.41, 5.74) is -1.73. The summed E-state index contributed by atoms with van der Waals surface area (Å²) in [5, 5.41) is 3.15. The van der Waals surface area contributed by atoms with E-state index in [1.165, 1.54) is 0 Å². The molecular formula is C22H23F6NO. The molecular weight excluding hydrogens is 408 g/mol. The first-order valence-electron chi connectivity index (χ1n) is 9.69. The average Bonchev–Trinajstić information content (AvgIpc) is 3.08. The Morgan fingerprint density at radius 2 is 1.50 bits per heavy atom. The van der Waals surface area contributed by atoms with Crippen LogP contribution in [-0.4, -0.2) is 19.7 Å². The van der Waals surface area contributed by atoms with Gasteiger partial charge in [-0.1, -0.05) is 30.3 Å². The van der Waals surface area contributed by atoms with Crippen LogP contribution in [0.5, 0.6) is 0 Å². The minimum absolute atomic E-state index is 0.0199. The summed E-state index contributed by atoms with van der Waals surface area (Å²) in [6.07, 6.45) is -8.46. The molecule has 0 aliphatic heterocycles. The van der Waals surface area contributed by atoms with Crippen LogP contribution in [0.15, 0.2) is 48.5 Å². The lowest BCUT2D eigenvalue weighted by Crippen LogP contribution is -2.26. The molecule has 1 saturated carbocycles. The molecule has 0 spiro atoms. The highest BCUT2D eigenvalue weighted by Crippen LogP contribution is 2.42. The maximum Gasteiger partial charge on any atom is 0.416 e. The Bertz CT molecular complexity index is 802. The van der Waals surface area contributed by atoms with Gasteiger partial charge in [-0.3, -0.25) is 0 Å².